The van der Waals surface area contributed by atoms with Crippen LogP contribution in [0.2, 0.25) is 0 Å². The van der Waals surface area contributed by atoms with Crippen LogP contribution < -0.4 is 15.0 Å². The highest BCUT2D eigenvalue weighted by Crippen LogP contribution is 2.25. The van der Waals surface area contributed by atoms with Gasteiger partial charge in [0, 0.05) is 12.3 Å². The number of nitrogens with zero attached hydrogens (tertiary/aromatic N) is 2. The summed E-state index contributed by atoms with van der Waals surface area (Å²) >= 11 is 0. The normalized spacial score (nSPS) is 16.7. The molecule has 0 spiro atoms. The topological polar surface area (TPSA) is 114 Å². The van der Waals surface area contributed by atoms with Crippen LogP contribution in [-0.2, 0) is 14.3 Å². The summed E-state index contributed by atoms with van der Waals surface area (Å²) in [5, 5.41) is 2.13. The van der Waals surface area contributed by atoms with Crippen molar-refractivity contribution in [2.45, 2.75) is 0 Å². The maximum atomic E-state index is 12.9. The van der Waals surface area contributed by atoms with Crippen LogP contribution in [0.25, 0.3) is 0 Å². The number of amides is 4. The summed E-state index contributed by atoms with van der Waals surface area (Å²) in [5.41, 5.74) is 0.646. The zero-order chi connectivity index (χ0) is 21.0. The summed E-state index contributed by atoms with van der Waals surface area (Å²) in [5.74, 6) is -3.10. The number of carbonyl (C=O) groups excluding carboxylic acids is 4. The van der Waals surface area contributed by atoms with Crippen molar-refractivity contribution in [2.24, 2.45) is 10.9 Å². The molecule has 9 heteroatoms. The lowest BCUT2D eigenvalue weighted by molar-refractivity contribution is -0.131. The predicted octanol–water partition coefficient (Wildman–Crippen LogP) is 2.08. The number of anilines is 1. The van der Waals surface area contributed by atoms with Crippen LogP contribution in [0.1, 0.15) is 10.4 Å². The highest BCUT2D eigenvalue weighted by Gasteiger charge is 2.40. The van der Waals surface area contributed by atoms with Gasteiger partial charge in [-0.1, -0.05) is 18.2 Å². The third-order valence-electron chi connectivity index (χ3n) is 4.19. The van der Waals surface area contributed by atoms with E-state index in [2.05, 4.69) is 10.3 Å². The number of aliphatic imine (C=N–C) groups is 1. The van der Waals surface area contributed by atoms with Gasteiger partial charge in [0.25, 0.3) is 5.91 Å². The maximum absolute atomic E-state index is 12.9. The lowest BCUT2D eigenvalue weighted by Gasteiger charge is -2.28. The Bertz CT molecular complexity index is 1020. The first-order valence-corrected chi connectivity index (χ1v) is 8.50. The molecule has 0 aromatic heterocycles. The largest absolute Gasteiger partial charge is 0.497 e. The lowest BCUT2D eigenvalue weighted by Crippen LogP contribution is -2.58. The molecule has 1 heterocycles. The SMILES string of the molecule is COC(=O)c1ccccc1N=C[C@@H]1C(=O)NC(=O)N(c2cccc(OC)c2)C1=O. The van der Waals surface area contributed by atoms with E-state index in [0.29, 0.717) is 5.75 Å². The van der Waals surface area contributed by atoms with Gasteiger partial charge >= 0.3 is 12.0 Å². The van der Waals surface area contributed by atoms with Gasteiger partial charge in [-0.25, -0.2) is 14.5 Å². The van der Waals surface area contributed by atoms with E-state index in [1.807, 2.05) is 0 Å². The summed E-state index contributed by atoms with van der Waals surface area (Å²) in [6.07, 6.45) is 1.10. The molecule has 1 atom stereocenters. The van der Waals surface area contributed by atoms with Gasteiger partial charge in [0.2, 0.25) is 5.91 Å². The fourth-order valence-corrected chi connectivity index (χ4v) is 2.74. The first-order chi connectivity index (χ1) is 14.0. The standard InChI is InChI=1S/C20H17N3O6/c1-28-13-7-5-6-12(10-13)23-18(25)15(17(24)22-20(23)27)11-21-16-9-4-3-8-14(16)19(26)29-2/h3-11,15H,1-2H3,(H,22,24,27)/t15-/m1/s1. The zero-order valence-electron chi connectivity index (χ0n) is 15.6. The number of esters is 1. The zero-order valence-corrected chi connectivity index (χ0v) is 15.6. The van der Waals surface area contributed by atoms with Crippen molar-refractivity contribution in [1.29, 1.82) is 0 Å². The molecule has 0 aliphatic carbocycles. The Kier molecular flexibility index (Phi) is 5.68. The van der Waals surface area contributed by atoms with Crippen LogP contribution in [0, 0.1) is 5.92 Å². The maximum Gasteiger partial charge on any atom is 0.340 e. The van der Waals surface area contributed by atoms with Gasteiger partial charge in [-0.05, 0) is 24.3 Å². The molecular formula is C20H17N3O6. The molecule has 4 amide bonds. The van der Waals surface area contributed by atoms with E-state index >= 15 is 0 Å². The van der Waals surface area contributed by atoms with Gasteiger partial charge in [-0.2, -0.15) is 0 Å². The van der Waals surface area contributed by atoms with Crippen LogP contribution >= 0.6 is 0 Å². The molecular weight excluding hydrogens is 378 g/mol. The molecule has 0 bridgehead atoms. The number of methoxy groups -OCH3 is 2. The summed E-state index contributed by atoms with van der Waals surface area (Å²) in [6.45, 7) is 0. The van der Waals surface area contributed by atoms with Crippen molar-refractivity contribution in [3.63, 3.8) is 0 Å². The molecule has 3 rings (SSSR count). The Morgan fingerprint density at radius 3 is 2.59 bits per heavy atom. The molecule has 0 radical (unpaired) electrons. The Balaban J connectivity index is 1.93. The van der Waals surface area contributed by atoms with Crippen molar-refractivity contribution >= 4 is 41.4 Å². The molecule has 1 fully saturated rings. The molecule has 1 aliphatic heterocycles. The van der Waals surface area contributed by atoms with Gasteiger partial charge in [-0.3, -0.25) is 19.9 Å². The Labute approximate surface area is 165 Å². The van der Waals surface area contributed by atoms with Gasteiger partial charge in [0.1, 0.15) is 5.75 Å². The summed E-state index contributed by atoms with van der Waals surface area (Å²) < 4.78 is 9.81. The van der Waals surface area contributed by atoms with Crippen LogP contribution in [0.3, 0.4) is 0 Å². The first kappa shape index (κ1) is 19.7. The molecule has 1 saturated heterocycles. The van der Waals surface area contributed by atoms with Gasteiger partial charge in [0.05, 0.1) is 31.2 Å². The van der Waals surface area contributed by atoms with E-state index in [9.17, 15) is 19.2 Å². The van der Waals surface area contributed by atoms with Crippen molar-refractivity contribution in [3.05, 3.63) is 54.1 Å². The fraction of sp³-hybridized carbons (Fsp3) is 0.150. The molecule has 2 aromatic carbocycles. The first-order valence-electron chi connectivity index (χ1n) is 8.50. The van der Waals surface area contributed by atoms with E-state index in [-0.39, 0.29) is 16.9 Å². The monoisotopic (exact) mass is 395 g/mol. The summed E-state index contributed by atoms with van der Waals surface area (Å²) in [4.78, 5) is 54.1. The van der Waals surface area contributed by atoms with E-state index in [1.54, 1.807) is 30.3 Å². The Hall–Kier alpha value is -4.01. The average Bonchev–Trinajstić information content (AvgIpc) is 2.73. The van der Waals surface area contributed by atoms with Crippen LogP contribution in [0.5, 0.6) is 5.75 Å². The number of para-hydroxylation sites is 1. The third kappa shape index (κ3) is 3.98. The number of hydrogen-bond acceptors (Lipinski definition) is 7. The Morgan fingerprint density at radius 2 is 1.86 bits per heavy atom. The number of benzene rings is 2. The number of barbiturate groups is 1. The molecule has 2 aromatic rings. The molecule has 148 valence electrons. The molecule has 0 unspecified atom stereocenters. The number of carbonyl (C=O) groups is 4. The second-order valence-corrected chi connectivity index (χ2v) is 5.93. The highest BCUT2D eigenvalue weighted by molar-refractivity contribution is 6.32. The number of urea groups is 1. The molecule has 29 heavy (non-hydrogen) atoms. The third-order valence-corrected chi connectivity index (χ3v) is 4.19. The van der Waals surface area contributed by atoms with Crippen molar-refractivity contribution < 1.29 is 28.7 Å². The molecule has 9 nitrogen and oxygen atoms in total. The minimum atomic E-state index is -1.36. The minimum Gasteiger partial charge on any atom is -0.497 e. The van der Waals surface area contributed by atoms with Crippen molar-refractivity contribution in [3.8, 4) is 5.75 Å². The summed E-state index contributed by atoms with van der Waals surface area (Å²) in [7, 11) is 2.69. The fourth-order valence-electron chi connectivity index (χ4n) is 2.74. The van der Waals surface area contributed by atoms with Crippen molar-refractivity contribution in [2.75, 3.05) is 19.1 Å². The number of hydrogen-bond donors (Lipinski definition) is 1. The van der Waals surface area contributed by atoms with E-state index in [1.165, 1.54) is 32.4 Å². The minimum absolute atomic E-state index is 0.177. The highest BCUT2D eigenvalue weighted by atomic mass is 16.5. The average molecular weight is 395 g/mol. The number of imide groups is 2. The molecule has 1 N–H and O–H groups in total. The predicted molar refractivity (Wildman–Crippen MR) is 103 cm³/mol. The number of nitrogens with one attached hydrogen (secondary N) is 1. The quantitative estimate of drug-likeness (QED) is 0.471. The van der Waals surface area contributed by atoms with E-state index < -0.39 is 29.7 Å². The second kappa shape index (κ2) is 8.34. The van der Waals surface area contributed by atoms with Gasteiger partial charge in [-0.15, -0.1) is 0 Å². The second-order valence-electron chi connectivity index (χ2n) is 5.93. The lowest BCUT2D eigenvalue weighted by atomic mass is 10.1. The molecule has 0 saturated carbocycles. The van der Waals surface area contributed by atoms with E-state index in [0.717, 1.165) is 11.1 Å². The van der Waals surface area contributed by atoms with E-state index in [4.69, 9.17) is 9.47 Å². The molecule has 1 aliphatic rings. The number of ether oxygens (including phenoxy) is 2. The summed E-state index contributed by atoms with van der Waals surface area (Å²) in [6, 6.07) is 11.8. The van der Waals surface area contributed by atoms with Gasteiger partial charge < -0.3 is 9.47 Å². The van der Waals surface area contributed by atoms with Crippen LogP contribution in [0.15, 0.2) is 53.5 Å². The van der Waals surface area contributed by atoms with Crippen LogP contribution in [-0.4, -0.2) is 44.2 Å². The van der Waals surface area contributed by atoms with Gasteiger partial charge in [0.15, 0.2) is 5.92 Å². The Morgan fingerprint density at radius 1 is 1.10 bits per heavy atom. The van der Waals surface area contributed by atoms with Crippen molar-refractivity contribution in [1.82, 2.24) is 5.32 Å². The van der Waals surface area contributed by atoms with Crippen LogP contribution in [0.4, 0.5) is 16.2 Å². The number of rotatable bonds is 5. The smallest absolute Gasteiger partial charge is 0.340 e.